The second-order valence-corrected chi connectivity index (χ2v) is 4.86. The molecule has 2 fully saturated rings. The van der Waals surface area contributed by atoms with Crippen molar-refractivity contribution in [2.45, 2.75) is 12.0 Å². The summed E-state index contributed by atoms with van der Waals surface area (Å²) in [6.07, 6.45) is 0.942. The van der Waals surface area contributed by atoms with Crippen LogP contribution in [-0.2, 0) is 9.59 Å². The van der Waals surface area contributed by atoms with E-state index in [-0.39, 0.29) is 17.0 Å². The number of nitrogens with zero attached hydrogens (tertiary/aromatic N) is 1. The van der Waals surface area contributed by atoms with E-state index >= 15 is 0 Å². The molecule has 0 bridgehead atoms. The molecule has 1 N–H and O–H groups in total. The van der Waals surface area contributed by atoms with Gasteiger partial charge in [-0.25, -0.2) is 4.79 Å². The minimum Gasteiger partial charge on any atom is -0.477 e. The van der Waals surface area contributed by atoms with Crippen molar-refractivity contribution < 1.29 is 14.7 Å². The molecule has 0 radical (unpaired) electrons. The summed E-state index contributed by atoms with van der Waals surface area (Å²) in [6.45, 7) is 0.791. The first kappa shape index (κ1) is 8.35. The molecule has 3 aliphatic heterocycles. The van der Waals surface area contributed by atoms with Gasteiger partial charge in [0, 0.05) is 12.3 Å². The summed E-state index contributed by atoms with van der Waals surface area (Å²) in [5.41, 5.74) is 0.685. The number of ketones is 1. The van der Waals surface area contributed by atoms with Crippen LogP contribution in [0.3, 0.4) is 0 Å². The van der Waals surface area contributed by atoms with Crippen LogP contribution < -0.4 is 0 Å². The number of aliphatic carboxylic acids is 1. The maximum atomic E-state index is 11.6. The Morgan fingerprint density at radius 1 is 1.57 bits per heavy atom. The predicted molar refractivity (Wildman–Crippen MR) is 51.0 cm³/mol. The fraction of sp³-hybridized carbons (Fsp3) is 0.556. The van der Waals surface area contributed by atoms with Crippen molar-refractivity contribution in [1.82, 2.24) is 4.90 Å². The summed E-state index contributed by atoms with van der Waals surface area (Å²) >= 11 is 1.62. The zero-order valence-electron chi connectivity index (χ0n) is 7.45. The molecule has 0 amide bonds. The highest BCUT2D eigenvalue weighted by atomic mass is 32.2. The van der Waals surface area contributed by atoms with Gasteiger partial charge in [-0.15, -0.1) is 0 Å². The lowest BCUT2D eigenvalue weighted by molar-refractivity contribution is -0.141. The minimum atomic E-state index is -0.949. The number of Topliss-reactive ketones (excluding diaryl/α,β-unsaturated/α-hetero) is 1. The van der Waals surface area contributed by atoms with Crippen molar-refractivity contribution in [1.29, 1.82) is 0 Å². The van der Waals surface area contributed by atoms with Crippen molar-refractivity contribution in [3.63, 3.8) is 0 Å². The van der Waals surface area contributed by atoms with Crippen molar-refractivity contribution in [2.24, 2.45) is 0 Å². The van der Waals surface area contributed by atoms with Crippen molar-refractivity contribution >= 4 is 23.5 Å². The Bertz CT molecular complexity index is 390. The summed E-state index contributed by atoms with van der Waals surface area (Å²) in [5, 5.41) is 8.95. The predicted octanol–water partition coefficient (Wildman–Crippen LogP) is 0.0991. The zero-order chi connectivity index (χ0) is 9.92. The number of hydrogen-bond acceptors (Lipinski definition) is 4. The molecule has 1 unspecified atom stereocenters. The van der Waals surface area contributed by atoms with Crippen LogP contribution in [0.5, 0.6) is 0 Å². The Morgan fingerprint density at radius 2 is 2.36 bits per heavy atom. The van der Waals surface area contributed by atoms with Crippen LogP contribution in [0.15, 0.2) is 11.3 Å². The fourth-order valence-corrected chi connectivity index (χ4v) is 3.82. The normalized spacial score (nSPS) is 34.3. The highest BCUT2D eigenvalue weighted by Crippen LogP contribution is 2.54. The van der Waals surface area contributed by atoms with E-state index in [0.717, 1.165) is 18.7 Å². The number of thioether (sulfide) groups is 1. The van der Waals surface area contributed by atoms with Crippen LogP contribution in [0, 0.1) is 0 Å². The summed E-state index contributed by atoms with van der Waals surface area (Å²) < 4.78 is 0. The highest BCUT2D eigenvalue weighted by molar-refractivity contribution is 8.00. The lowest BCUT2D eigenvalue weighted by Gasteiger charge is -2.63. The SMILES string of the molecule is O=C(O)C1=C2C(=O)CSCC23CCN13. The Balaban J connectivity index is 2.11. The Morgan fingerprint density at radius 3 is 2.93 bits per heavy atom. The smallest absolute Gasteiger partial charge is 0.352 e. The van der Waals surface area contributed by atoms with Gasteiger partial charge in [-0.2, -0.15) is 11.8 Å². The Labute approximate surface area is 85.0 Å². The number of hydrogen-bond donors (Lipinski definition) is 1. The molecule has 0 saturated carbocycles. The first-order valence-corrected chi connectivity index (χ1v) is 5.69. The van der Waals surface area contributed by atoms with E-state index in [9.17, 15) is 9.59 Å². The molecule has 2 saturated heterocycles. The molecule has 3 heterocycles. The Kier molecular flexibility index (Phi) is 1.39. The molecular weight excluding hydrogens is 202 g/mol. The molecule has 3 rings (SSSR count). The van der Waals surface area contributed by atoms with Gasteiger partial charge in [0.2, 0.25) is 0 Å². The molecule has 14 heavy (non-hydrogen) atoms. The van der Waals surface area contributed by atoms with Crippen molar-refractivity contribution in [3.8, 4) is 0 Å². The fourth-order valence-electron chi connectivity index (χ4n) is 2.60. The topological polar surface area (TPSA) is 57.6 Å². The summed E-state index contributed by atoms with van der Waals surface area (Å²) in [5.74, 6) is 0.400. The van der Waals surface area contributed by atoms with Gasteiger partial charge in [0.05, 0.1) is 16.9 Å². The monoisotopic (exact) mass is 211 g/mol. The van der Waals surface area contributed by atoms with Crippen LogP contribution in [0.1, 0.15) is 6.42 Å². The Hall–Kier alpha value is -0.970. The quantitative estimate of drug-likeness (QED) is 0.666. The van der Waals surface area contributed by atoms with Gasteiger partial charge < -0.3 is 10.0 Å². The average Bonchev–Trinajstić information content (AvgIpc) is 2.12. The third-order valence-electron chi connectivity index (χ3n) is 3.29. The van der Waals surface area contributed by atoms with Crippen LogP contribution in [0.4, 0.5) is 0 Å². The van der Waals surface area contributed by atoms with Crippen LogP contribution in [0.2, 0.25) is 0 Å². The van der Waals surface area contributed by atoms with Crippen LogP contribution in [-0.4, -0.2) is 45.3 Å². The first-order chi connectivity index (χ1) is 6.67. The highest BCUT2D eigenvalue weighted by Gasteiger charge is 2.62. The third-order valence-corrected chi connectivity index (χ3v) is 4.44. The molecule has 0 aromatic heterocycles. The van der Waals surface area contributed by atoms with E-state index in [1.807, 2.05) is 4.90 Å². The molecular formula is C9H9NO3S. The summed E-state index contributed by atoms with van der Waals surface area (Å²) in [6, 6.07) is 0. The van der Waals surface area contributed by atoms with Crippen molar-refractivity contribution in [3.05, 3.63) is 11.3 Å². The lowest BCUT2D eigenvalue weighted by Crippen LogP contribution is -2.73. The zero-order valence-corrected chi connectivity index (χ0v) is 8.26. The standard InChI is InChI=1S/C9H9NO3S/c11-5-3-14-4-9-1-2-10(9)7(6(5)9)8(12)13/h1-4H2,(H,12,13). The van der Waals surface area contributed by atoms with E-state index in [0.29, 0.717) is 11.3 Å². The largest absolute Gasteiger partial charge is 0.477 e. The second kappa shape index (κ2) is 2.34. The third kappa shape index (κ3) is 0.692. The second-order valence-electron chi connectivity index (χ2n) is 3.88. The lowest BCUT2D eigenvalue weighted by atomic mass is 9.68. The number of rotatable bonds is 1. The number of carbonyl (C=O) groups excluding carboxylic acids is 1. The first-order valence-electron chi connectivity index (χ1n) is 4.53. The molecule has 1 spiro atoms. The number of carbonyl (C=O) groups is 2. The maximum absolute atomic E-state index is 11.6. The molecule has 74 valence electrons. The van der Waals surface area contributed by atoms with Crippen LogP contribution in [0.25, 0.3) is 0 Å². The molecule has 4 nitrogen and oxygen atoms in total. The average molecular weight is 211 g/mol. The summed E-state index contributed by atoms with van der Waals surface area (Å²) in [4.78, 5) is 24.4. The van der Waals surface area contributed by atoms with E-state index < -0.39 is 5.97 Å². The van der Waals surface area contributed by atoms with Gasteiger partial charge in [-0.3, -0.25) is 4.79 Å². The van der Waals surface area contributed by atoms with Gasteiger partial charge in [-0.1, -0.05) is 0 Å². The van der Waals surface area contributed by atoms with Crippen LogP contribution >= 0.6 is 11.8 Å². The number of carboxylic acids is 1. The van der Waals surface area contributed by atoms with Gasteiger partial charge in [-0.05, 0) is 6.42 Å². The molecule has 0 aromatic carbocycles. The van der Waals surface area contributed by atoms with Gasteiger partial charge in [0.25, 0.3) is 0 Å². The van der Waals surface area contributed by atoms with Gasteiger partial charge in [0.1, 0.15) is 5.70 Å². The van der Waals surface area contributed by atoms with E-state index in [1.165, 1.54) is 0 Å². The van der Waals surface area contributed by atoms with E-state index in [2.05, 4.69) is 0 Å². The van der Waals surface area contributed by atoms with Crippen molar-refractivity contribution in [2.75, 3.05) is 18.1 Å². The molecule has 1 atom stereocenters. The maximum Gasteiger partial charge on any atom is 0.352 e. The van der Waals surface area contributed by atoms with Gasteiger partial charge >= 0.3 is 5.97 Å². The molecule has 5 heteroatoms. The van der Waals surface area contributed by atoms with E-state index in [1.54, 1.807) is 11.8 Å². The summed E-state index contributed by atoms with van der Waals surface area (Å²) in [7, 11) is 0. The number of carboxylic acid groups (broad SMARTS) is 1. The molecule has 0 aromatic rings. The van der Waals surface area contributed by atoms with E-state index in [4.69, 9.17) is 5.11 Å². The molecule has 0 aliphatic carbocycles. The minimum absolute atomic E-state index is 0.0228. The molecule has 3 aliphatic rings. The van der Waals surface area contributed by atoms with Gasteiger partial charge in [0.15, 0.2) is 5.78 Å².